The molecule has 2 fully saturated rings. The Morgan fingerprint density at radius 1 is 1.00 bits per heavy atom. The van der Waals surface area contributed by atoms with Gasteiger partial charge in [0.25, 0.3) is 6.85 Å². The van der Waals surface area contributed by atoms with Gasteiger partial charge in [-0.1, -0.05) is 156 Å². The third kappa shape index (κ3) is 17.9. The molecule has 4 aromatic rings. The highest BCUT2D eigenvalue weighted by molar-refractivity contribution is 6.55. The maximum absolute atomic E-state index is 5.43. The van der Waals surface area contributed by atoms with Crippen LogP contribution in [0.4, 0.5) is 0 Å². The molecule has 2 aromatic heterocycles. The quantitative estimate of drug-likeness (QED) is 0.0369. The van der Waals surface area contributed by atoms with Crippen molar-refractivity contribution < 1.29 is 0 Å². The van der Waals surface area contributed by atoms with E-state index in [1.165, 1.54) is 114 Å². The zero-order valence-corrected chi connectivity index (χ0v) is 46.5. The number of unbranched alkanes of at least 4 members (excludes halogenated alkanes) is 3. The van der Waals surface area contributed by atoms with Gasteiger partial charge in [0.05, 0.1) is 11.4 Å². The Bertz CT molecular complexity index is 2280. The van der Waals surface area contributed by atoms with Gasteiger partial charge in [-0.05, 0) is 165 Å². The SMILES string of the molecule is C=CC#CCCCCC.C=CCCC(C)(C)Cc1c(-c2cccnc2C(C)C)n(CC)c2ccc(-c3cccc(CCC(=C)N4CCCB4C)c3)cc12.CC.[B]NC(=C)C(CCC1CN(C)C1)C(C)C. The van der Waals surface area contributed by atoms with E-state index in [0.717, 1.165) is 63.2 Å². The lowest BCUT2D eigenvalue weighted by Gasteiger charge is -2.37. The Balaban J connectivity index is 0.000000408. The molecule has 2 aromatic carbocycles. The van der Waals surface area contributed by atoms with Crippen LogP contribution in [0.25, 0.3) is 33.3 Å². The molecule has 2 aliphatic rings. The number of hydrogen-bond donors (Lipinski definition) is 1. The fourth-order valence-corrected chi connectivity index (χ4v) is 10.3. The van der Waals surface area contributed by atoms with Crippen LogP contribution in [0.15, 0.2) is 111 Å². The minimum Gasteiger partial charge on any atom is -0.441 e. The normalized spacial score (nSPS) is 14.0. The van der Waals surface area contributed by atoms with Crippen LogP contribution < -0.4 is 5.23 Å². The lowest BCUT2D eigenvalue weighted by atomic mass is 9.62. The number of nitrogens with one attached hydrogen (secondary N) is 1. The van der Waals surface area contributed by atoms with Crippen LogP contribution in [0.1, 0.15) is 156 Å². The summed E-state index contributed by atoms with van der Waals surface area (Å²) in [5.74, 6) is 8.19. The lowest BCUT2D eigenvalue weighted by molar-refractivity contribution is 0.119. The number of pyridine rings is 1. The van der Waals surface area contributed by atoms with Crippen molar-refractivity contribution >= 4 is 25.7 Å². The van der Waals surface area contributed by atoms with Crippen LogP contribution in [0.5, 0.6) is 0 Å². The number of allylic oxidation sites excluding steroid dienone is 4. The van der Waals surface area contributed by atoms with E-state index in [2.05, 4.69) is 188 Å². The summed E-state index contributed by atoms with van der Waals surface area (Å²) in [7, 11) is 7.61. The van der Waals surface area contributed by atoms with E-state index in [1.807, 2.05) is 20.0 Å². The minimum atomic E-state index is 0.140. The fraction of sp³-hybridized carbons (Fsp3) is 0.540. The topological polar surface area (TPSA) is 36.3 Å². The molecule has 70 heavy (non-hydrogen) atoms. The van der Waals surface area contributed by atoms with Crippen LogP contribution in [0.3, 0.4) is 0 Å². The summed E-state index contributed by atoms with van der Waals surface area (Å²) < 4.78 is 2.53. The lowest BCUT2D eigenvalue weighted by Crippen LogP contribution is -2.43. The molecule has 2 saturated heterocycles. The van der Waals surface area contributed by atoms with Gasteiger partial charge in [-0.25, -0.2) is 0 Å². The number of aromatic nitrogens is 2. The Labute approximate surface area is 431 Å². The summed E-state index contributed by atoms with van der Waals surface area (Å²) in [4.78, 5) is 9.76. The average Bonchev–Trinajstić information content (AvgIpc) is 3.92. The fourth-order valence-electron chi connectivity index (χ4n) is 10.3. The van der Waals surface area contributed by atoms with Crippen molar-refractivity contribution in [1.29, 1.82) is 0 Å². The van der Waals surface area contributed by atoms with Crippen molar-refractivity contribution in [3.8, 4) is 34.2 Å². The Morgan fingerprint density at radius 3 is 2.33 bits per heavy atom. The summed E-state index contributed by atoms with van der Waals surface area (Å²) in [6.45, 7) is 45.8. The zero-order valence-electron chi connectivity index (χ0n) is 46.5. The highest BCUT2D eigenvalue weighted by Crippen LogP contribution is 2.42. The number of benzene rings is 2. The van der Waals surface area contributed by atoms with Crippen LogP contribution in [-0.2, 0) is 19.4 Å². The van der Waals surface area contributed by atoms with Crippen molar-refractivity contribution in [3.63, 3.8) is 0 Å². The van der Waals surface area contributed by atoms with Gasteiger partial charge in [0.1, 0.15) is 0 Å². The smallest absolute Gasteiger partial charge is 0.250 e. The second kappa shape index (κ2) is 30.9. The van der Waals surface area contributed by atoms with Crippen LogP contribution in [0.2, 0.25) is 13.1 Å². The number of likely N-dealkylation sites (tertiary alicyclic amines) is 1. The number of aryl methyl sites for hydroxylation is 2. The van der Waals surface area contributed by atoms with E-state index in [1.54, 1.807) is 6.08 Å². The third-order valence-corrected chi connectivity index (χ3v) is 14.3. The maximum Gasteiger partial charge on any atom is 0.250 e. The van der Waals surface area contributed by atoms with Gasteiger partial charge in [-0.15, -0.1) is 6.58 Å². The molecule has 7 heteroatoms. The molecule has 2 radical (unpaired) electrons. The molecule has 4 heterocycles. The van der Waals surface area contributed by atoms with Gasteiger partial charge in [0.2, 0.25) is 7.98 Å². The van der Waals surface area contributed by atoms with E-state index in [9.17, 15) is 0 Å². The van der Waals surface area contributed by atoms with Crippen molar-refractivity contribution in [2.75, 3.05) is 26.7 Å². The summed E-state index contributed by atoms with van der Waals surface area (Å²) in [6, 6.07) is 20.7. The van der Waals surface area contributed by atoms with Crippen LogP contribution in [-0.4, -0.2) is 60.8 Å². The van der Waals surface area contributed by atoms with Crippen molar-refractivity contribution in [1.82, 2.24) is 24.5 Å². The minimum absolute atomic E-state index is 0.140. The molecule has 0 spiro atoms. The van der Waals surface area contributed by atoms with Crippen molar-refractivity contribution in [3.05, 3.63) is 127 Å². The Morgan fingerprint density at radius 2 is 1.73 bits per heavy atom. The molecule has 2 aliphatic heterocycles. The molecule has 0 saturated carbocycles. The van der Waals surface area contributed by atoms with Crippen LogP contribution in [0, 0.1) is 35.0 Å². The summed E-state index contributed by atoms with van der Waals surface area (Å²) in [5.41, 5.74) is 12.9. The molecule has 0 amide bonds. The van der Waals surface area contributed by atoms with E-state index in [0.29, 0.717) is 24.6 Å². The highest BCUT2D eigenvalue weighted by atomic mass is 15.2. The first-order valence-electron chi connectivity index (χ1n) is 27.3. The zero-order chi connectivity index (χ0) is 51.8. The summed E-state index contributed by atoms with van der Waals surface area (Å²) >= 11 is 0. The molecular weight excluding hydrogens is 848 g/mol. The van der Waals surface area contributed by atoms with Crippen LogP contribution >= 0.6 is 0 Å². The van der Waals surface area contributed by atoms with Gasteiger partial charge in [0.15, 0.2) is 0 Å². The number of hydrogen-bond acceptors (Lipinski definition) is 4. The average molecular weight is 944 g/mol. The molecule has 1 unspecified atom stereocenters. The molecular formula is C63H95B2N5. The maximum atomic E-state index is 5.43. The van der Waals surface area contributed by atoms with Gasteiger partial charge in [-0.2, -0.15) is 0 Å². The summed E-state index contributed by atoms with van der Waals surface area (Å²) in [6.07, 6.45) is 20.7. The van der Waals surface area contributed by atoms with E-state index >= 15 is 0 Å². The molecule has 6 rings (SSSR count). The van der Waals surface area contributed by atoms with E-state index < -0.39 is 0 Å². The molecule has 0 bridgehead atoms. The second-order valence-corrected chi connectivity index (χ2v) is 21.2. The monoisotopic (exact) mass is 944 g/mol. The second-order valence-electron chi connectivity index (χ2n) is 21.2. The first-order valence-corrected chi connectivity index (χ1v) is 27.3. The molecule has 378 valence electrons. The Kier molecular flexibility index (Phi) is 26.4. The van der Waals surface area contributed by atoms with E-state index in [-0.39, 0.29) is 5.41 Å². The van der Waals surface area contributed by atoms with Crippen molar-refractivity contribution in [2.45, 2.75) is 172 Å². The molecule has 5 nitrogen and oxygen atoms in total. The van der Waals surface area contributed by atoms with E-state index in [4.69, 9.17) is 13.0 Å². The molecule has 0 aliphatic carbocycles. The predicted octanol–water partition coefficient (Wildman–Crippen LogP) is 16.4. The van der Waals surface area contributed by atoms with Crippen molar-refractivity contribution in [2.24, 2.45) is 23.2 Å². The largest absolute Gasteiger partial charge is 0.441 e. The summed E-state index contributed by atoms with van der Waals surface area (Å²) in [5, 5.41) is 4.08. The molecule has 1 N–H and O–H groups in total. The predicted molar refractivity (Wildman–Crippen MR) is 313 cm³/mol. The first kappa shape index (κ1) is 59.6. The third-order valence-electron chi connectivity index (χ3n) is 14.3. The van der Waals surface area contributed by atoms with Gasteiger partial charge >= 0.3 is 0 Å². The Hall–Kier alpha value is -4.66. The standard InChI is InChI=1S/C40H52BN3.C12H23BN2.C9H14.C2H6/c1-9-11-22-40(6,7)28-36-35-27-33(32-16-12-15-31(26-32)19-18-30(5)44-25-14-23-41(44)8)20-21-37(35)43(10-2)39(36)34-17-13-24-42-38(34)29(3)4;1-9(2)12(10(3)14-13)6-5-11-7-15(4)8-11;1-3-5-7-9-8-6-4-2;1-2/h9,12-13,15-17,20-21,24,26-27,29H,1,5,10-11,14,18-19,22-23,25,28H2,2-4,6-8H3;9,11-12,14H,3,5-8H2,1-2,4H3;3H,1,4,6,8-9H2,2H3;1-2H3. The molecule has 1 atom stereocenters. The van der Waals surface area contributed by atoms with Gasteiger partial charge in [-0.3, -0.25) is 4.98 Å². The highest BCUT2D eigenvalue weighted by Gasteiger charge is 2.29. The number of fused-ring (bicyclic) bond motifs is 1. The van der Waals surface area contributed by atoms with Gasteiger partial charge in [0, 0.05) is 55.3 Å². The number of nitrogens with zero attached hydrogens (tertiary/aromatic N) is 4. The first-order chi connectivity index (χ1) is 33.6. The van der Waals surface area contributed by atoms with Gasteiger partial charge < -0.3 is 19.5 Å². The number of rotatable bonds is 22.